The maximum absolute atomic E-state index is 12.5. The Morgan fingerprint density at radius 3 is 2.26 bits per heavy atom. The number of carbonyl (C=O) groups is 2. The van der Waals surface area contributed by atoms with Crippen LogP contribution in [0.25, 0.3) is 0 Å². The molecular weight excluding hydrogens is 244 g/mol. The van der Waals surface area contributed by atoms with Crippen molar-refractivity contribution in [2.45, 2.75) is 69.9 Å². The lowest BCUT2D eigenvalue weighted by atomic mass is 9.77. The Bertz CT molecular complexity index is 347. The van der Waals surface area contributed by atoms with Gasteiger partial charge in [-0.3, -0.25) is 9.59 Å². The molecule has 0 aromatic carbocycles. The van der Waals surface area contributed by atoms with E-state index < -0.39 is 17.0 Å². The Hall–Kier alpha value is -1.10. The number of hydrogen-bond donors (Lipinski definition) is 2. The highest BCUT2D eigenvalue weighted by molar-refractivity contribution is 5.86. The van der Waals surface area contributed by atoms with Gasteiger partial charge in [0.15, 0.2) is 0 Å². The van der Waals surface area contributed by atoms with Gasteiger partial charge in [-0.05, 0) is 26.2 Å². The number of carbonyl (C=O) groups excluding carboxylic acids is 1. The van der Waals surface area contributed by atoms with Gasteiger partial charge in [0.2, 0.25) is 5.91 Å². The zero-order valence-corrected chi connectivity index (χ0v) is 12.2. The number of carboxylic acids is 1. The minimum absolute atomic E-state index is 0.00896. The number of nitrogens with two attached hydrogens (primary N) is 1. The lowest BCUT2D eigenvalue weighted by molar-refractivity contribution is -0.148. The van der Waals surface area contributed by atoms with Crippen molar-refractivity contribution in [3.05, 3.63) is 0 Å². The fraction of sp³-hybridized carbons (Fsp3) is 0.857. The largest absolute Gasteiger partial charge is 0.481 e. The van der Waals surface area contributed by atoms with Crippen LogP contribution >= 0.6 is 0 Å². The third-order valence-electron chi connectivity index (χ3n) is 4.50. The van der Waals surface area contributed by atoms with Gasteiger partial charge in [-0.25, -0.2) is 0 Å². The molecule has 0 saturated heterocycles. The molecule has 0 heterocycles. The summed E-state index contributed by atoms with van der Waals surface area (Å²) in [5.74, 6) is -1.00. The number of amides is 1. The minimum Gasteiger partial charge on any atom is -0.481 e. The summed E-state index contributed by atoms with van der Waals surface area (Å²) >= 11 is 0. The van der Waals surface area contributed by atoms with Gasteiger partial charge in [-0.15, -0.1) is 0 Å². The first kappa shape index (κ1) is 16.0. The van der Waals surface area contributed by atoms with E-state index in [9.17, 15) is 9.59 Å². The quantitative estimate of drug-likeness (QED) is 0.797. The van der Waals surface area contributed by atoms with Crippen molar-refractivity contribution in [1.29, 1.82) is 0 Å². The van der Waals surface area contributed by atoms with Crippen LogP contribution in [-0.2, 0) is 9.59 Å². The summed E-state index contributed by atoms with van der Waals surface area (Å²) in [4.78, 5) is 25.3. The first-order valence-electron chi connectivity index (χ1n) is 7.04. The highest BCUT2D eigenvalue weighted by Gasteiger charge is 2.43. The van der Waals surface area contributed by atoms with Crippen molar-refractivity contribution in [2.75, 3.05) is 7.05 Å². The van der Waals surface area contributed by atoms with Gasteiger partial charge >= 0.3 is 5.97 Å². The zero-order valence-electron chi connectivity index (χ0n) is 12.2. The molecule has 0 aliphatic heterocycles. The molecule has 0 aromatic heterocycles. The summed E-state index contributed by atoms with van der Waals surface area (Å²) in [7, 11) is 1.71. The first-order chi connectivity index (χ1) is 8.75. The van der Waals surface area contributed by atoms with Crippen molar-refractivity contribution in [1.82, 2.24) is 4.90 Å². The van der Waals surface area contributed by atoms with Gasteiger partial charge in [0.05, 0.1) is 17.5 Å². The van der Waals surface area contributed by atoms with Crippen LogP contribution in [0.15, 0.2) is 0 Å². The molecule has 0 bridgehead atoms. The molecule has 3 N–H and O–H groups in total. The van der Waals surface area contributed by atoms with Crippen LogP contribution in [0.1, 0.15) is 58.8 Å². The zero-order chi connectivity index (χ0) is 14.7. The Morgan fingerprint density at radius 2 is 1.84 bits per heavy atom. The molecule has 0 radical (unpaired) electrons. The summed E-state index contributed by atoms with van der Waals surface area (Å²) in [5, 5.41) is 9.15. The lowest BCUT2D eigenvalue weighted by Gasteiger charge is -2.46. The van der Waals surface area contributed by atoms with E-state index in [4.69, 9.17) is 10.8 Å². The second kappa shape index (κ2) is 5.90. The van der Waals surface area contributed by atoms with Crippen LogP contribution < -0.4 is 5.73 Å². The van der Waals surface area contributed by atoms with Gasteiger partial charge in [0, 0.05) is 7.05 Å². The van der Waals surface area contributed by atoms with Crippen molar-refractivity contribution in [2.24, 2.45) is 5.73 Å². The molecule has 1 amide bonds. The predicted octanol–water partition coefficient (Wildman–Crippen LogP) is 1.75. The average Bonchev–Trinajstić information content (AvgIpc) is 2.37. The Balaban J connectivity index is 2.97. The molecule has 0 spiro atoms. The topological polar surface area (TPSA) is 83.6 Å². The fourth-order valence-electron chi connectivity index (χ4n) is 2.87. The van der Waals surface area contributed by atoms with Crippen LogP contribution in [0.2, 0.25) is 0 Å². The van der Waals surface area contributed by atoms with Gasteiger partial charge in [0.1, 0.15) is 0 Å². The van der Waals surface area contributed by atoms with Crippen LogP contribution in [0, 0.1) is 0 Å². The smallest absolute Gasteiger partial charge is 0.305 e. The molecule has 110 valence electrons. The minimum atomic E-state index is -0.919. The summed E-state index contributed by atoms with van der Waals surface area (Å²) in [6.07, 6.45) is 5.10. The predicted molar refractivity (Wildman–Crippen MR) is 73.7 cm³/mol. The van der Waals surface area contributed by atoms with E-state index >= 15 is 0 Å². The average molecular weight is 270 g/mol. The first-order valence-corrected chi connectivity index (χ1v) is 7.04. The monoisotopic (exact) mass is 270 g/mol. The van der Waals surface area contributed by atoms with E-state index in [1.54, 1.807) is 18.9 Å². The number of likely N-dealkylation sites (N-methyl/N-ethyl adjacent to an activating group) is 1. The van der Waals surface area contributed by atoms with Gasteiger partial charge in [0.25, 0.3) is 0 Å². The summed E-state index contributed by atoms with van der Waals surface area (Å²) < 4.78 is 0. The molecule has 5 heteroatoms. The number of carboxylic acid groups (broad SMARTS) is 1. The van der Waals surface area contributed by atoms with Crippen molar-refractivity contribution < 1.29 is 14.7 Å². The molecule has 1 saturated carbocycles. The summed E-state index contributed by atoms with van der Waals surface area (Å²) in [5.41, 5.74) is 4.54. The van der Waals surface area contributed by atoms with E-state index in [2.05, 4.69) is 0 Å². The summed E-state index contributed by atoms with van der Waals surface area (Å²) in [6.45, 7) is 3.58. The summed E-state index contributed by atoms with van der Waals surface area (Å²) in [6, 6.07) is 0. The number of rotatable bonds is 5. The van der Waals surface area contributed by atoms with Crippen LogP contribution in [0.4, 0.5) is 0 Å². The SMILES string of the molecule is CCC(C)(N)C(=O)N(C)C1(CC(=O)O)CCCCC1. The molecule has 19 heavy (non-hydrogen) atoms. The van der Waals surface area contributed by atoms with Gasteiger partial charge in [-0.1, -0.05) is 26.2 Å². The van der Waals surface area contributed by atoms with Gasteiger partial charge in [-0.2, -0.15) is 0 Å². The molecule has 0 aromatic rings. The van der Waals surface area contributed by atoms with E-state index in [0.717, 1.165) is 32.1 Å². The van der Waals surface area contributed by atoms with Gasteiger partial charge < -0.3 is 15.7 Å². The normalized spacial score (nSPS) is 21.5. The second-order valence-corrected chi connectivity index (χ2v) is 5.99. The maximum Gasteiger partial charge on any atom is 0.305 e. The standard InChI is InChI=1S/C14H26N2O3/c1-4-13(2,15)12(19)16(3)14(10-11(17)18)8-6-5-7-9-14/h4-10,15H2,1-3H3,(H,17,18). The third kappa shape index (κ3) is 3.47. The van der Waals surface area contributed by atoms with E-state index in [-0.39, 0.29) is 12.3 Å². The lowest BCUT2D eigenvalue weighted by Crippen LogP contribution is -2.60. The number of nitrogens with zero attached hydrogens (tertiary/aromatic N) is 1. The van der Waals surface area contributed by atoms with Crippen molar-refractivity contribution in [3.8, 4) is 0 Å². The maximum atomic E-state index is 12.5. The molecular formula is C14H26N2O3. The Labute approximate surface area is 115 Å². The molecule has 5 nitrogen and oxygen atoms in total. The molecule has 1 fully saturated rings. The molecule has 1 rings (SSSR count). The van der Waals surface area contributed by atoms with Crippen LogP contribution in [0.3, 0.4) is 0 Å². The van der Waals surface area contributed by atoms with E-state index in [1.807, 2.05) is 6.92 Å². The number of aliphatic carboxylic acids is 1. The van der Waals surface area contributed by atoms with E-state index in [0.29, 0.717) is 6.42 Å². The second-order valence-electron chi connectivity index (χ2n) is 5.99. The number of hydrogen-bond acceptors (Lipinski definition) is 3. The highest BCUT2D eigenvalue weighted by Crippen LogP contribution is 2.37. The van der Waals surface area contributed by atoms with Crippen molar-refractivity contribution >= 4 is 11.9 Å². The van der Waals surface area contributed by atoms with Crippen LogP contribution in [-0.4, -0.2) is 40.0 Å². The Kier molecular flexibility index (Phi) is 4.96. The van der Waals surface area contributed by atoms with Crippen LogP contribution in [0.5, 0.6) is 0 Å². The highest BCUT2D eigenvalue weighted by atomic mass is 16.4. The molecule has 1 atom stereocenters. The van der Waals surface area contributed by atoms with E-state index in [1.165, 1.54) is 0 Å². The fourth-order valence-corrected chi connectivity index (χ4v) is 2.87. The molecule has 1 aliphatic rings. The molecule has 1 unspecified atom stereocenters. The molecule has 1 aliphatic carbocycles. The Morgan fingerprint density at radius 1 is 1.32 bits per heavy atom. The van der Waals surface area contributed by atoms with Crippen molar-refractivity contribution in [3.63, 3.8) is 0 Å². The third-order valence-corrected chi connectivity index (χ3v) is 4.50.